The van der Waals surface area contributed by atoms with Crippen molar-refractivity contribution in [2.24, 2.45) is 11.7 Å². The predicted octanol–water partition coefficient (Wildman–Crippen LogP) is 8.61. The first-order valence-electron chi connectivity index (χ1n) is 18.6. The molecular weight excluding hydrogens is 606 g/mol. The molecule has 1 aromatic carbocycles. The lowest BCUT2D eigenvalue weighted by atomic mass is 9.98. The number of nitrogens with zero attached hydrogens (tertiary/aromatic N) is 1. The molecule has 1 rings (SSSR count). The number of amides is 3. The smallest absolute Gasteiger partial charge is 0.408 e. The average molecular weight is 674 g/mol. The first kappa shape index (κ1) is 42.9. The van der Waals surface area contributed by atoms with Gasteiger partial charge in [-0.25, -0.2) is 4.79 Å². The summed E-state index contributed by atoms with van der Waals surface area (Å²) in [5, 5.41) is 2.77. The standard InChI is InChI=1S/C39H67N3O6/c1-7-8-9-10-11-12-13-14-15-16-20-24-33(29-35(40)43)42(28-27-31(2)3)37(45)34(41-38(46)48-39(4,5)6)25-21-26-36(44)47-30-32-22-18-17-19-23-32/h17-19,22-23,31,33-34H,7-16,20-21,24-30H2,1-6H3,(H2,40,43)(H,41,46)/t33-,34-/m0/s1. The van der Waals surface area contributed by atoms with Gasteiger partial charge in [-0.15, -0.1) is 0 Å². The molecule has 0 spiro atoms. The molecule has 0 saturated heterocycles. The third-order valence-corrected chi connectivity index (χ3v) is 8.35. The van der Waals surface area contributed by atoms with Crippen molar-refractivity contribution >= 4 is 23.9 Å². The van der Waals surface area contributed by atoms with Gasteiger partial charge in [0.2, 0.25) is 11.8 Å². The van der Waals surface area contributed by atoms with Gasteiger partial charge >= 0.3 is 12.1 Å². The van der Waals surface area contributed by atoms with Crippen LogP contribution in [-0.4, -0.2) is 53.0 Å². The minimum absolute atomic E-state index is 0.0621. The molecule has 0 heterocycles. The van der Waals surface area contributed by atoms with Crippen molar-refractivity contribution in [3.63, 3.8) is 0 Å². The van der Waals surface area contributed by atoms with E-state index < -0.39 is 23.6 Å². The summed E-state index contributed by atoms with van der Waals surface area (Å²) in [5.74, 6) is -0.785. The number of nitrogens with two attached hydrogens (primary N) is 1. The Morgan fingerprint density at radius 1 is 0.812 bits per heavy atom. The van der Waals surface area contributed by atoms with Gasteiger partial charge in [-0.05, 0) is 57.9 Å². The van der Waals surface area contributed by atoms with Crippen LogP contribution in [-0.2, 0) is 30.5 Å². The zero-order chi connectivity index (χ0) is 35.8. The Balaban J connectivity index is 2.93. The lowest BCUT2D eigenvalue weighted by molar-refractivity contribution is -0.145. The molecule has 0 radical (unpaired) electrons. The van der Waals surface area contributed by atoms with E-state index in [0.717, 1.165) is 31.2 Å². The SMILES string of the molecule is CCCCCCCCCCCCC[C@@H](CC(N)=O)N(CCC(C)C)C(=O)[C@H](CCCC(=O)OCc1ccccc1)NC(=O)OC(C)(C)C. The van der Waals surface area contributed by atoms with Gasteiger partial charge in [0, 0.05) is 25.4 Å². The van der Waals surface area contributed by atoms with Gasteiger partial charge in [-0.1, -0.05) is 122 Å². The number of carbonyl (C=O) groups is 4. The van der Waals surface area contributed by atoms with E-state index in [9.17, 15) is 19.2 Å². The Morgan fingerprint density at radius 3 is 1.94 bits per heavy atom. The number of hydrogen-bond acceptors (Lipinski definition) is 6. The van der Waals surface area contributed by atoms with Gasteiger partial charge in [0.15, 0.2) is 0 Å². The van der Waals surface area contributed by atoms with Crippen molar-refractivity contribution in [2.45, 2.75) is 175 Å². The molecule has 0 bridgehead atoms. The highest BCUT2D eigenvalue weighted by Crippen LogP contribution is 2.21. The summed E-state index contributed by atoms with van der Waals surface area (Å²) in [6, 6.07) is 8.14. The molecular formula is C39H67N3O6. The fourth-order valence-corrected chi connectivity index (χ4v) is 5.68. The fourth-order valence-electron chi connectivity index (χ4n) is 5.68. The Bertz CT molecular complexity index is 1040. The van der Waals surface area contributed by atoms with E-state index >= 15 is 0 Å². The topological polar surface area (TPSA) is 128 Å². The molecule has 0 aliphatic carbocycles. The first-order valence-corrected chi connectivity index (χ1v) is 18.6. The molecule has 274 valence electrons. The van der Waals surface area contributed by atoms with E-state index in [1.54, 1.807) is 25.7 Å². The molecule has 3 amide bonds. The molecule has 0 aromatic heterocycles. The Morgan fingerprint density at radius 2 is 1.40 bits per heavy atom. The zero-order valence-corrected chi connectivity index (χ0v) is 31.0. The number of unbranched alkanes of at least 4 members (excludes halogenated alkanes) is 10. The molecule has 0 unspecified atom stereocenters. The van der Waals surface area contributed by atoms with Crippen LogP contribution in [0.3, 0.4) is 0 Å². The first-order chi connectivity index (χ1) is 22.8. The highest BCUT2D eigenvalue weighted by atomic mass is 16.6. The van der Waals surface area contributed by atoms with Crippen molar-refractivity contribution in [3.8, 4) is 0 Å². The molecule has 3 N–H and O–H groups in total. The van der Waals surface area contributed by atoms with E-state index in [1.807, 2.05) is 30.3 Å². The van der Waals surface area contributed by atoms with Crippen LogP contribution in [0.1, 0.15) is 156 Å². The number of primary amides is 1. The quantitative estimate of drug-likeness (QED) is 0.0749. The van der Waals surface area contributed by atoms with Gasteiger partial charge in [0.05, 0.1) is 0 Å². The van der Waals surface area contributed by atoms with Gasteiger partial charge in [0.1, 0.15) is 18.2 Å². The van der Waals surface area contributed by atoms with Crippen molar-refractivity contribution in [3.05, 3.63) is 35.9 Å². The molecule has 0 fully saturated rings. The lowest BCUT2D eigenvalue weighted by Crippen LogP contribution is -2.53. The van der Waals surface area contributed by atoms with Crippen LogP contribution in [0.2, 0.25) is 0 Å². The molecule has 1 aromatic rings. The third-order valence-electron chi connectivity index (χ3n) is 8.35. The molecule has 0 aliphatic rings. The van der Waals surface area contributed by atoms with Crippen molar-refractivity contribution in [1.82, 2.24) is 10.2 Å². The number of carbonyl (C=O) groups excluding carboxylic acids is 4. The van der Waals surface area contributed by atoms with Crippen molar-refractivity contribution in [2.75, 3.05) is 6.54 Å². The second kappa shape index (κ2) is 25.0. The van der Waals surface area contributed by atoms with Crippen LogP contribution in [0.5, 0.6) is 0 Å². The number of alkyl carbamates (subject to hydrolysis) is 1. The minimum Gasteiger partial charge on any atom is -0.461 e. The second-order valence-electron chi connectivity index (χ2n) is 14.6. The molecule has 0 aliphatic heterocycles. The Kier molecular flexibility index (Phi) is 22.3. The predicted molar refractivity (Wildman–Crippen MR) is 193 cm³/mol. The summed E-state index contributed by atoms with van der Waals surface area (Å²) in [5.41, 5.74) is 5.85. The highest BCUT2D eigenvalue weighted by molar-refractivity contribution is 5.86. The second-order valence-corrected chi connectivity index (χ2v) is 14.6. The fraction of sp³-hybridized carbons (Fsp3) is 0.744. The Hall–Kier alpha value is -3.10. The maximum absolute atomic E-state index is 14.3. The number of ether oxygens (including phenoxy) is 2. The average Bonchev–Trinajstić information content (AvgIpc) is 3.01. The molecule has 2 atom stereocenters. The summed E-state index contributed by atoms with van der Waals surface area (Å²) in [6.07, 6.45) is 14.7. The largest absolute Gasteiger partial charge is 0.461 e. The van der Waals surface area contributed by atoms with Crippen molar-refractivity contribution in [1.29, 1.82) is 0 Å². The summed E-state index contributed by atoms with van der Waals surface area (Å²) in [6.45, 7) is 12.3. The molecule has 0 saturated carbocycles. The normalized spacial score (nSPS) is 12.7. The van der Waals surface area contributed by atoms with Crippen LogP contribution in [0, 0.1) is 5.92 Å². The van der Waals surface area contributed by atoms with Crippen LogP contribution in [0.25, 0.3) is 0 Å². The summed E-state index contributed by atoms with van der Waals surface area (Å²) < 4.78 is 10.9. The van der Waals surface area contributed by atoms with E-state index in [2.05, 4.69) is 26.1 Å². The van der Waals surface area contributed by atoms with Gasteiger partial charge < -0.3 is 25.4 Å². The van der Waals surface area contributed by atoms with Crippen molar-refractivity contribution < 1.29 is 28.7 Å². The van der Waals surface area contributed by atoms with Crippen LogP contribution in [0.15, 0.2) is 30.3 Å². The van der Waals surface area contributed by atoms with E-state index in [4.69, 9.17) is 15.2 Å². The zero-order valence-electron chi connectivity index (χ0n) is 31.0. The number of rotatable bonds is 26. The number of benzene rings is 1. The van der Waals surface area contributed by atoms with Crippen LogP contribution >= 0.6 is 0 Å². The maximum Gasteiger partial charge on any atom is 0.408 e. The summed E-state index contributed by atoms with van der Waals surface area (Å²) in [4.78, 5) is 53.6. The highest BCUT2D eigenvalue weighted by Gasteiger charge is 2.32. The van der Waals surface area contributed by atoms with Gasteiger partial charge in [0.25, 0.3) is 0 Å². The van der Waals surface area contributed by atoms with E-state index in [0.29, 0.717) is 25.3 Å². The van der Waals surface area contributed by atoms with E-state index in [-0.39, 0.29) is 43.8 Å². The molecule has 9 heteroatoms. The van der Waals surface area contributed by atoms with Gasteiger partial charge in [-0.3, -0.25) is 14.4 Å². The molecule has 48 heavy (non-hydrogen) atoms. The number of hydrogen-bond donors (Lipinski definition) is 2. The number of nitrogens with one attached hydrogen (secondary N) is 1. The van der Waals surface area contributed by atoms with E-state index in [1.165, 1.54) is 51.4 Å². The Labute approximate surface area is 291 Å². The summed E-state index contributed by atoms with van der Waals surface area (Å²) >= 11 is 0. The third kappa shape index (κ3) is 21.7. The summed E-state index contributed by atoms with van der Waals surface area (Å²) in [7, 11) is 0. The monoisotopic (exact) mass is 674 g/mol. The molecule has 9 nitrogen and oxygen atoms in total. The van der Waals surface area contributed by atoms with Crippen LogP contribution < -0.4 is 11.1 Å². The van der Waals surface area contributed by atoms with Crippen LogP contribution in [0.4, 0.5) is 4.79 Å². The minimum atomic E-state index is -0.929. The lowest BCUT2D eigenvalue weighted by Gasteiger charge is -2.35. The maximum atomic E-state index is 14.3. The van der Waals surface area contributed by atoms with Gasteiger partial charge in [-0.2, -0.15) is 0 Å². The number of esters is 1.